The lowest BCUT2D eigenvalue weighted by Crippen LogP contribution is -2.45. The molecule has 2 rings (SSSR count). The number of rotatable bonds is 3. The molecule has 0 saturated heterocycles. The molecule has 1 atom stereocenters. The number of hydrogen-bond donors (Lipinski definition) is 0. The molecule has 112 valence electrons. The summed E-state index contributed by atoms with van der Waals surface area (Å²) in [4.78, 5) is 28.9. The van der Waals surface area contributed by atoms with Crippen molar-refractivity contribution in [3.8, 4) is 0 Å². The first-order valence-corrected chi connectivity index (χ1v) is 6.80. The Morgan fingerprint density at radius 2 is 2.05 bits per heavy atom. The summed E-state index contributed by atoms with van der Waals surface area (Å²) in [6.07, 6.45) is 0.213. The first-order chi connectivity index (χ1) is 9.93. The first kappa shape index (κ1) is 15.5. The number of hydroxylamine groups is 2. The number of carbonyl (C=O) groups is 2. The van der Waals surface area contributed by atoms with Crippen molar-refractivity contribution in [2.24, 2.45) is 5.10 Å². The van der Waals surface area contributed by atoms with Crippen LogP contribution in [0, 0.1) is 0 Å². The van der Waals surface area contributed by atoms with Gasteiger partial charge in [-0.3, -0.25) is 19.4 Å². The van der Waals surface area contributed by atoms with E-state index in [1.54, 1.807) is 29.3 Å². The van der Waals surface area contributed by atoms with Crippen LogP contribution in [0.1, 0.15) is 13.3 Å². The van der Waals surface area contributed by atoms with Crippen molar-refractivity contribution in [1.82, 2.24) is 5.06 Å². The zero-order valence-corrected chi connectivity index (χ0v) is 12.8. The van der Waals surface area contributed by atoms with E-state index in [0.29, 0.717) is 5.02 Å². The Morgan fingerprint density at radius 3 is 2.62 bits per heavy atom. The Balaban J connectivity index is 2.36. The number of hydrogen-bond acceptors (Lipinski definition) is 5. The minimum absolute atomic E-state index is 0.132. The van der Waals surface area contributed by atoms with Gasteiger partial charge in [0.25, 0.3) is 0 Å². The largest absolute Gasteiger partial charge is 0.301 e. The van der Waals surface area contributed by atoms with Crippen molar-refractivity contribution < 1.29 is 14.4 Å². The number of carbonyl (C=O) groups excluding carboxylic acids is 2. The molecule has 1 aromatic carbocycles. The second kappa shape index (κ2) is 6.24. The maximum Gasteiger partial charge on any atom is 0.301 e. The zero-order valence-electron chi connectivity index (χ0n) is 12.0. The van der Waals surface area contributed by atoms with Crippen LogP contribution in [0.2, 0.25) is 5.02 Å². The molecule has 1 unspecified atom stereocenters. The second-order valence-corrected chi connectivity index (χ2v) is 5.17. The molecular formula is C14H16ClN3O3. The SMILES string of the molecule is CON(C)C(=O)C1=NN(c2ccc(Cl)cc2)C(C)CC1=O. The fourth-order valence-corrected chi connectivity index (χ4v) is 2.14. The summed E-state index contributed by atoms with van der Waals surface area (Å²) in [6.45, 7) is 1.87. The monoisotopic (exact) mass is 309 g/mol. The van der Waals surface area contributed by atoms with E-state index < -0.39 is 5.91 Å². The van der Waals surface area contributed by atoms with Gasteiger partial charge in [-0.25, -0.2) is 5.06 Å². The predicted molar refractivity (Wildman–Crippen MR) is 80.2 cm³/mol. The van der Waals surface area contributed by atoms with Crippen LogP contribution in [-0.4, -0.2) is 42.7 Å². The summed E-state index contributed by atoms with van der Waals surface area (Å²) >= 11 is 5.86. The maximum absolute atomic E-state index is 12.1. The smallest absolute Gasteiger partial charge is 0.292 e. The average Bonchev–Trinajstić information content (AvgIpc) is 2.47. The molecule has 0 aromatic heterocycles. The third-order valence-corrected chi connectivity index (χ3v) is 3.48. The van der Waals surface area contributed by atoms with Crippen LogP contribution in [0.25, 0.3) is 0 Å². The van der Waals surface area contributed by atoms with Gasteiger partial charge in [-0.1, -0.05) is 11.6 Å². The van der Waals surface area contributed by atoms with Gasteiger partial charge in [-0.2, -0.15) is 5.10 Å². The zero-order chi connectivity index (χ0) is 15.6. The number of halogens is 1. The van der Waals surface area contributed by atoms with Crippen molar-refractivity contribution >= 4 is 34.7 Å². The second-order valence-electron chi connectivity index (χ2n) is 4.73. The van der Waals surface area contributed by atoms with Crippen molar-refractivity contribution in [3.05, 3.63) is 29.3 Å². The molecule has 7 heteroatoms. The van der Waals surface area contributed by atoms with Crippen LogP contribution >= 0.6 is 11.6 Å². The molecule has 0 radical (unpaired) electrons. The van der Waals surface area contributed by atoms with E-state index in [1.807, 2.05) is 6.92 Å². The van der Waals surface area contributed by atoms with Crippen LogP contribution in [0.15, 0.2) is 29.4 Å². The third-order valence-electron chi connectivity index (χ3n) is 3.22. The van der Waals surface area contributed by atoms with E-state index >= 15 is 0 Å². The van der Waals surface area contributed by atoms with Crippen LogP contribution in [0.5, 0.6) is 0 Å². The van der Waals surface area contributed by atoms with E-state index in [4.69, 9.17) is 16.4 Å². The van der Waals surface area contributed by atoms with Crippen molar-refractivity contribution in [1.29, 1.82) is 0 Å². The molecule has 1 heterocycles. The molecule has 0 bridgehead atoms. The number of benzene rings is 1. The quantitative estimate of drug-likeness (QED) is 0.800. The summed E-state index contributed by atoms with van der Waals surface area (Å²) in [7, 11) is 2.79. The molecule has 1 aromatic rings. The van der Waals surface area contributed by atoms with Gasteiger partial charge in [-0.15, -0.1) is 0 Å². The number of amides is 1. The van der Waals surface area contributed by atoms with Crippen molar-refractivity contribution in [3.63, 3.8) is 0 Å². The number of nitrogens with zero attached hydrogens (tertiary/aromatic N) is 3. The van der Waals surface area contributed by atoms with E-state index in [2.05, 4.69) is 5.10 Å². The fourth-order valence-electron chi connectivity index (χ4n) is 2.01. The molecule has 1 aliphatic rings. The van der Waals surface area contributed by atoms with E-state index in [0.717, 1.165) is 10.8 Å². The molecule has 0 saturated carbocycles. The predicted octanol–water partition coefficient (Wildman–Crippen LogP) is 1.88. The van der Waals surface area contributed by atoms with Gasteiger partial charge in [0.1, 0.15) is 0 Å². The highest BCUT2D eigenvalue weighted by molar-refractivity contribution is 6.65. The van der Waals surface area contributed by atoms with Gasteiger partial charge in [0, 0.05) is 18.5 Å². The number of ketones is 1. The van der Waals surface area contributed by atoms with Crippen molar-refractivity contribution in [2.45, 2.75) is 19.4 Å². The van der Waals surface area contributed by atoms with Crippen LogP contribution in [0.3, 0.4) is 0 Å². The molecule has 21 heavy (non-hydrogen) atoms. The maximum atomic E-state index is 12.1. The Morgan fingerprint density at radius 1 is 1.43 bits per heavy atom. The number of anilines is 1. The van der Waals surface area contributed by atoms with Gasteiger partial charge < -0.3 is 0 Å². The van der Waals surface area contributed by atoms with Gasteiger partial charge in [0.2, 0.25) is 0 Å². The summed E-state index contributed by atoms with van der Waals surface area (Å²) in [5.41, 5.74) is 0.636. The highest BCUT2D eigenvalue weighted by Crippen LogP contribution is 2.24. The molecule has 1 aliphatic heterocycles. The lowest BCUT2D eigenvalue weighted by atomic mass is 10.0. The molecule has 1 amide bonds. The molecule has 0 spiro atoms. The average molecular weight is 310 g/mol. The van der Waals surface area contributed by atoms with E-state index in [9.17, 15) is 9.59 Å². The van der Waals surface area contributed by atoms with Gasteiger partial charge in [0.15, 0.2) is 11.5 Å². The molecule has 0 N–H and O–H groups in total. The van der Waals surface area contributed by atoms with Crippen LogP contribution in [0.4, 0.5) is 5.69 Å². The summed E-state index contributed by atoms with van der Waals surface area (Å²) in [5, 5.41) is 7.44. The summed E-state index contributed by atoms with van der Waals surface area (Å²) in [6, 6.07) is 6.92. The minimum atomic E-state index is -0.562. The highest BCUT2D eigenvalue weighted by Gasteiger charge is 2.33. The number of hydrazone groups is 1. The van der Waals surface area contributed by atoms with Gasteiger partial charge in [-0.05, 0) is 31.2 Å². The lowest BCUT2D eigenvalue weighted by Gasteiger charge is -2.31. The molecule has 0 aliphatic carbocycles. The lowest BCUT2D eigenvalue weighted by molar-refractivity contribution is -0.160. The molecule has 6 nitrogen and oxygen atoms in total. The van der Waals surface area contributed by atoms with Gasteiger partial charge >= 0.3 is 5.91 Å². The molecule has 0 fully saturated rings. The Hall–Kier alpha value is -1.92. The first-order valence-electron chi connectivity index (χ1n) is 6.42. The third kappa shape index (κ3) is 3.22. The standard InChI is InChI=1S/C14H16ClN3O3/c1-9-8-12(19)13(14(20)17(2)21-3)16-18(9)11-6-4-10(15)5-7-11/h4-7,9H,8H2,1-3H3. The number of Topliss-reactive ketones (excluding diaryl/α,β-unsaturated/α-hetero) is 1. The minimum Gasteiger partial charge on any atom is -0.292 e. The Kier molecular flexibility index (Phi) is 4.59. The van der Waals surface area contributed by atoms with Crippen LogP contribution in [-0.2, 0) is 14.4 Å². The van der Waals surface area contributed by atoms with Crippen LogP contribution < -0.4 is 5.01 Å². The van der Waals surface area contributed by atoms with Crippen molar-refractivity contribution in [2.75, 3.05) is 19.2 Å². The Labute approximate surface area is 127 Å². The normalized spacial score (nSPS) is 18.5. The molecular weight excluding hydrogens is 294 g/mol. The summed E-state index contributed by atoms with van der Waals surface area (Å²) < 4.78 is 0. The summed E-state index contributed by atoms with van der Waals surface area (Å²) in [5.74, 6) is -0.852. The van der Waals surface area contributed by atoms with Gasteiger partial charge in [0.05, 0.1) is 18.8 Å². The Bertz CT molecular complexity index is 586. The highest BCUT2D eigenvalue weighted by atomic mass is 35.5. The topological polar surface area (TPSA) is 62.2 Å². The van der Waals surface area contributed by atoms with E-state index in [1.165, 1.54) is 14.2 Å². The van der Waals surface area contributed by atoms with E-state index in [-0.39, 0.29) is 24.0 Å². The fraction of sp³-hybridized carbons (Fsp3) is 0.357.